The van der Waals surface area contributed by atoms with Gasteiger partial charge in [0.1, 0.15) is 0 Å². The summed E-state index contributed by atoms with van der Waals surface area (Å²) in [4.78, 5) is 12.1. The van der Waals surface area contributed by atoms with Gasteiger partial charge in [-0.25, -0.2) is 8.78 Å². The SMILES string of the molecule is NCC1CCCC1C(=O)c1ccc(F)c(F)c1. The highest BCUT2D eigenvalue weighted by Crippen LogP contribution is 2.33. The summed E-state index contributed by atoms with van der Waals surface area (Å²) < 4.78 is 25.8. The molecule has 1 aromatic carbocycles. The molecule has 92 valence electrons. The maximum atomic E-state index is 13.1. The lowest BCUT2D eigenvalue weighted by molar-refractivity contribution is 0.0893. The van der Waals surface area contributed by atoms with Crippen LogP contribution >= 0.6 is 0 Å². The minimum Gasteiger partial charge on any atom is -0.330 e. The zero-order valence-corrected chi connectivity index (χ0v) is 9.46. The Morgan fingerprint density at radius 2 is 2.06 bits per heavy atom. The number of hydrogen-bond acceptors (Lipinski definition) is 2. The van der Waals surface area contributed by atoms with Gasteiger partial charge in [-0.3, -0.25) is 4.79 Å². The second-order valence-corrected chi connectivity index (χ2v) is 4.53. The molecule has 1 aliphatic carbocycles. The van der Waals surface area contributed by atoms with Crippen LogP contribution in [0.1, 0.15) is 29.6 Å². The van der Waals surface area contributed by atoms with E-state index in [1.807, 2.05) is 0 Å². The lowest BCUT2D eigenvalue weighted by Gasteiger charge is -2.16. The van der Waals surface area contributed by atoms with Crippen molar-refractivity contribution in [2.24, 2.45) is 17.6 Å². The monoisotopic (exact) mass is 239 g/mol. The van der Waals surface area contributed by atoms with Crippen molar-refractivity contribution in [2.45, 2.75) is 19.3 Å². The van der Waals surface area contributed by atoms with Gasteiger partial charge in [-0.2, -0.15) is 0 Å². The van der Waals surface area contributed by atoms with Crippen LogP contribution in [-0.2, 0) is 0 Å². The highest BCUT2D eigenvalue weighted by molar-refractivity contribution is 5.98. The predicted octanol–water partition coefficient (Wildman–Crippen LogP) is 2.52. The Kier molecular flexibility index (Phi) is 3.52. The van der Waals surface area contributed by atoms with Crippen molar-refractivity contribution in [3.05, 3.63) is 35.4 Å². The maximum Gasteiger partial charge on any atom is 0.166 e. The fraction of sp³-hybridized carbons (Fsp3) is 0.462. The molecule has 0 radical (unpaired) electrons. The molecule has 1 saturated carbocycles. The molecule has 4 heteroatoms. The topological polar surface area (TPSA) is 43.1 Å². The number of benzene rings is 1. The Hall–Kier alpha value is -1.29. The number of ketones is 1. The minimum atomic E-state index is -0.974. The van der Waals surface area contributed by atoms with E-state index in [-0.39, 0.29) is 23.2 Å². The normalized spacial score (nSPS) is 23.9. The smallest absolute Gasteiger partial charge is 0.166 e. The molecule has 17 heavy (non-hydrogen) atoms. The molecule has 2 rings (SSSR count). The van der Waals surface area contributed by atoms with E-state index >= 15 is 0 Å². The zero-order chi connectivity index (χ0) is 12.4. The number of rotatable bonds is 3. The van der Waals surface area contributed by atoms with Crippen molar-refractivity contribution in [1.29, 1.82) is 0 Å². The highest BCUT2D eigenvalue weighted by atomic mass is 19.2. The average molecular weight is 239 g/mol. The van der Waals surface area contributed by atoms with E-state index in [1.54, 1.807) is 0 Å². The van der Waals surface area contributed by atoms with Gasteiger partial charge in [0, 0.05) is 11.5 Å². The number of nitrogens with two attached hydrogens (primary N) is 1. The molecule has 0 bridgehead atoms. The summed E-state index contributed by atoms with van der Waals surface area (Å²) in [6.45, 7) is 0.472. The summed E-state index contributed by atoms with van der Waals surface area (Å²) in [7, 11) is 0. The molecule has 0 aromatic heterocycles. The first-order valence-electron chi connectivity index (χ1n) is 5.83. The van der Waals surface area contributed by atoms with Crippen molar-refractivity contribution in [3.63, 3.8) is 0 Å². The Bertz CT molecular complexity index is 433. The lowest BCUT2D eigenvalue weighted by Crippen LogP contribution is -2.25. The third-order valence-corrected chi connectivity index (χ3v) is 3.50. The Labute approximate surface area is 98.8 Å². The molecule has 0 heterocycles. The maximum absolute atomic E-state index is 13.1. The zero-order valence-electron chi connectivity index (χ0n) is 9.46. The van der Waals surface area contributed by atoms with Crippen LogP contribution in [0.25, 0.3) is 0 Å². The van der Waals surface area contributed by atoms with Crippen LogP contribution in [0.5, 0.6) is 0 Å². The van der Waals surface area contributed by atoms with E-state index in [9.17, 15) is 13.6 Å². The molecule has 0 spiro atoms. The van der Waals surface area contributed by atoms with Gasteiger partial charge in [0.2, 0.25) is 0 Å². The predicted molar refractivity (Wildman–Crippen MR) is 60.6 cm³/mol. The molecule has 0 aliphatic heterocycles. The molecular formula is C13H15F2NO. The number of carbonyl (C=O) groups is 1. The van der Waals surface area contributed by atoms with E-state index < -0.39 is 11.6 Å². The molecule has 2 unspecified atom stereocenters. The first-order valence-corrected chi connectivity index (χ1v) is 5.83. The summed E-state index contributed by atoms with van der Waals surface area (Å²) in [5, 5.41) is 0. The van der Waals surface area contributed by atoms with Crippen molar-refractivity contribution in [2.75, 3.05) is 6.54 Å². The van der Waals surface area contributed by atoms with E-state index in [4.69, 9.17) is 5.73 Å². The lowest BCUT2D eigenvalue weighted by atomic mass is 9.88. The third kappa shape index (κ3) is 2.36. The van der Waals surface area contributed by atoms with Crippen LogP contribution in [0.15, 0.2) is 18.2 Å². The van der Waals surface area contributed by atoms with Gasteiger partial charge < -0.3 is 5.73 Å². The van der Waals surface area contributed by atoms with Crippen LogP contribution in [0, 0.1) is 23.5 Å². The van der Waals surface area contributed by atoms with Gasteiger partial charge in [0.15, 0.2) is 17.4 Å². The second kappa shape index (κ2) is 4.92. The summed E-state index contributed by atoms with van der Waals surface area (Å²) in [6, 6.07) is 3.31. The quantitative estimate of drug-likeness (QED) is 0.823. The van der Waals surface area contributed by atoms with Crippen LogP contribution in [0.4, 0.5) is 8.78 Å². The number of Topliss-reactive ketones (excluding diaryl/α,β-unsaturated/α-hetero) is 1. The number of halogens is 2. The molecular weight excluding hydrogens is 224 g/mol. The van der Waals surface area contributed by atoms with Gasteiger partial charge in [-0.05, 0) is 43.5 Å². The van der Waals surface area contributed by atoms with Crippen LogP contribution < -0.4 is 5.73 Å². The van der Waals surface area contributed by atoms with Gasteiger partial charge in [-0.1, -0.05) is 6.42 Å². The van der Waals surface area contributed by atoms with Crippen LogP contribution in [-0.4, -0.2) is 12.3 Å². The molecule has 1 aliphatic rings. The van der Waals surface area contributed by atoms with E-state index in [1.165, 1.54) is 6.07 Å². The summed E-state index contributed by atoms with van der Waals surface area (Å²) in [5.41, 5.74) is 5.85. The molecule has 1 fully saturated rings. The molecule has 1 aromatic rings. The summed E-state index contributed by atoms with van der Waals surface area (Å²) in [5.74, 6) is -1.97. The summed E-state index contributed by atoms with van der Waals surface area (Å²) >= 11 is 0. The fourth-order valence-electron chi connectivity index (χ4n) is 2.53. The highest BCUT2D eigenvalue weighted by Gasteiger charge is 2.32. The molecule has 2 N–H and O–H groups in total. The van der Waals surface area contributed by atoms with Crippen molar-refractivity contribution in [3.8, 4) is 0 Å². The van der Waals surface area contributed by atoms with Crippen molar-refractivity contribution >= 4 is 5.78 Å². The molecule has 0 amide bonds. The van der Waals surface area contributed by atoms with Crippen LogP contribution in [0.2, 0.25) is 0 Å². The third-order valence-electron chi connectivity index (χ3n) is 3.50. The van der Waals surface area contributed by atoms with Crippen molar-refractivity contribution < 1.29 is 13.6 Å². The van der Waals surface area contributed by atoms with E-state index in [0.717, 1.165) is 31.4 Å². The van der Waals surface area contributed by atoms with E-state index in [0.29, 0.717) is 6.54 Å². The second-order valence-electron chi connectivity index (χ2n) is 4.53. The average Bonchev–Trinajstić information content (AvgIpc) is 2.80. The first kappa shape index (κ1) is 12.2. The largest absolute Gasteiger partial charge is 0.330 e. The van der Waals surface area contributed by atoms with Crippen LogP contribution in [0.3, 0.4) is 0 Å². The molecule has 2 atom stereocenters. The van der Waals surface area contributed by atoms with Gasteiger partial charge in [0.25, 0.3) is 0 Å². The molecule has 2 nitrogen and oxygen atoms in total. The van der Waals surface area contributed by atoms with Crippen molar-refractivity contribution in [1.82, 2.24) is 0 Å². The Morgan fingerprint density at radius 1 is 1.29 bits per heavy atom. The summed E-state index contributed by atoms with van der Waals surface area (Å²) in [6.07, 6.45) is 2.71. The first-order chi connectivity index (χ1) is 8.13. The number of hydrogen-bond donors (Lipinski definition) is 1. The van der Waals surface area contributed by atoms with Gasteiger partial charge in [-0.15, -0.1) is 0 Å². The fourth-order valence-corrected chi connectivity index (χ4v) is 2.53. The molecule has 0 saturated heterocycles. The minimum absolute atomic E-state index is 0.114. The van der Waals surface area contributed by atoms with E-state index in [2.05, 4.69) is 0 Å². The Morgan fingerprint density at radius 3 is 2.71 bits per heavy atom. The van der Waals surface area contributed by atoms with Gasteiger partial charge in [0.05, 0.1) is 0 Å². The standard InChI is InChI=1S/C13H15F2NO/c14-11-5-4-8(6-12(11)15)13(17)10-3-1-2-9(10)7-16/h4-6,9-10H,1-3,7,16H2. The van der Waals surface area contributed by atoms with Gasteiger partial charge >= 0.3 is 0 Å². The number of carbonyl (C=O) groups excluding carboxylic acids is 1. The Balaban J connectivity index is 2.21.